The fourth-order valence-electron chi connectivity index (χ4n) is 3.52. The van der Waals surface area contributed by atoms with Crippen LogP contribution in [-0.2, 0) is 24.8 Å². The monoisotopic (exact) mass is 326 g/mol. The second-order valence-corrected chi connectivity index (χ2v) is 6.74. The molecule has 128 valence electrons. The topological polar surface area (TPSA) is 50.2 Å². The van der Waals surface area contributed by atoms with E-state index in [1.807, 2.05) is 30.6 Å². The number of nitrogens with one attached hydrogen (secondary N) is 1. The van der Waals surface area contributed by atoms with Crippen LogP contribution in [0.2, 0.25) is 0 Å². The van der Waals surface area contributed by atoms with E-state index in [9.17, 15) is 4.79 Å². The quantitative estimate of drug-likeness (QED) is 0.919. The molecule has 2 heterocycles. The number of likely N-dealkylation sites (tertiary alicyclic amines) is 1. The second kappa shape index (κ2) is 7.62. The maximum Gasteiger partial charge on any atom is 0.221 e. The average Bonchev–Trinajstić information content (AvgIpc) is 2.94. The Kier molecular flexibility index (Phi) is 5.30. The molecule has 1 amide bonds. The molecule has 1 aromatic carbocycles. The van der Waals surface area contributed by atoms with E-state index >= 15 is 0 Å². The number of amides is 1. The Hall–Kier alpha value is -2.14. The molecule has 1 aromatic heterocycles. The zero-order chi connectivity index (χ0) is 16.9. The van der Waals surface area contributed by atoms with Gasteiger partial charge >= 0.3 is 0 Å². The van der Waals surface area contributed by atoms with Crippen molar-refractivity contribution in [3.05, 3.63) is 48.0 Å². The van der Waals surface area contributed by atoms with Gasteiger partial charge in [-0.05, 0) is 36.9 Å². The van der Waals surface area contributed by atoms with Crippen molar-refractivity contribution in [1.29, 1.82) is 0 Å². The van der Waals surface area contributed by atoms with Crippen LogP contribution in [0, 0.1) is 5.92 Å². The third-order valence-corrected chi connectivity index (χ3v) is 4.72. The SMILES string of the molecule is CC(=O)Nc1ccccc1CN1CCC[C@@H](Cc2nccn2C)C1. The van der Waals surface area contributed by atoms with E-state index in [1.165, 1.54) is 24.2 Å². The molecule has 2 aromatic rings. The predicted octanol–water partition coefficient (Wildman–Crippen LogP) is 2.83. The highest BCUT2D eigenvalue weighted by Gasteiger charge is 2.22. The molecule has 5 nitrogen and oxygen atoms in total. The van der Waals surface area contributed by atoms with Gasteiger partial charge in [-0.25, -0.2) is 4.98 Å². The fraction of sp³-hybridized carbons (Fsp3) is 0.474. The van der Waals surface area contributed by atoms with Crippen molar-refractivity contribution >= 4 is 11.6 Å². The number of rotatable bonds is 5. The zero-order valence-electron chi connectivity index (χ0n) is 14.5. The first kappa shape index (κ1) is 16.7. The van der Waals surface area contributed by atoms with Gasteiger partial charge < -0.3 is 9.88 Å². The molecular weight excluding hydrogens is 300 g/mol. The second-order valence-electron chi connectivity index (χ2n) is 6.74. The Bertz CT molecular complexity index is 694. The van der Waals surface area contributed by atoms with Crippen LogP contribution in [0.25, 0.3) is 0 Å². The van der Waals surface area contributed by atoms with Crippen molar-refractivity contribution in [1.82, 2.24) is 14.5 Å². The minimum absolute atomic E-state index is 0.0197. The lowest BCUT2D eigenvalue weighted by molar-refractivity contribution is -0.114. The summed E-state index contributed by atoms with van der Waals surface area (Å²) < 4.78 is 2.12. The number of hydrogen-bond acceptors (Lipinski definition) is 3. The van der Waals surface area contributed by atoms with Crippen molar-refractivity contribution in [2.24, 2.45) is 13.0 Å². The number of benzene rings is 1. The Morgan fingerprint density at radius 3 is 2.96 bits per heavy atom. The van der Waals surface area contributed by atoms with Crippen molar-refractivity contribution in [3.63, 3.8) is 0 Å². The Morgan fingerprint density at radius 2 is 2.21 bits per heavy atom. The molecule has 0 saturated carbocycles. The molecule has 0 aliphatic carbocycles. The highest BCUT2D eigenvalue weighted by Crippen LogP contribution is 2.24. The summed E-state index contributed by atoms with van der Waals surface area (Å²) in [6.45, 7) is 4.64. The van der Waals surface area contributed by atoms with E-state index in [4.69, 9.17) is 0 Å². The molecule has 0 bridgehead atoms. The number of anilines is 1. The number of aromatic nitrogens is 2. The minimum Gasteiger partial charge on any atom is -0.338 e. The van der Waals surface area contributed by atoms with Crippen LogP contribution in [0.4, 0.5) is 5.69 Å². The number of carbonyl (C=O) groups excluding carboxylic acids is 1. The maximum absolute atomic E-state index is 11.4. The summed E-state index contributed by atoms with van der Waals surface area (Å²) in [5.41, 5.74) is 2.11. The Labute approximate surface area is 143 Å². The minimum atomic E-state index is -0.0197. The molecule has 1 aliphatic heterocycles. The summed E-state index contributed by atoms with van der Waals surface area (Å²) in [6.07, 6.45) is 7.40. The first-order valence-corrected chi connectivity index (χ1v) is 8.66. The van der Waals surface area contributed by atoms with Crippen molar-refractivity contribution < 1.29 is 4.79 Å². The highest BCUT2D eigenvalue weighted by molar-refractivity contribution is 5.89. The predicted molar refractivity (Wildman–Crippen MR) is 95.7 cm³/mol. The van der Waals surface area contributed by atoms with Gasteiger partial charge in [0.25, 0.3) is 0 Å². The summed E-state index contributed by atoms with van der Waals surface area (Å²) >= 11 is 0. The molecule has 5 heteroatoms. The number of hydrogen-bond donors (Lipinski definition) is 1. The van der Waals surface area contributed by atoms with Gasteiger partial charge in [-0.15, -0.1) is 0 Å². The van der Waals surface area contributed by atoms with Gasteiger partial charge in [-0.2, -0.15) is 0 Å². The van der Waals surface area contributed by atoms with Gasteiger partial charge in [-0.1, -0.05) is 18.2 Å². The maximum atomic E-state index is 11.4. The van der Waals surface area contributed by atoms with E-state index in [1.54, 1.807) is 6.92 Å². The van der Waals surface area contributed by atoms with Crippen LogP contribution in [0.1, 0.15) is 31.2 Å². The van der Waals surface area contributed by atoms with Crippen molar-refractivity contribution in [3.8, 4) is 0 Å². The molecule has 0 spiro atoms. The van der Waals surface area contributed by atoms with Crippen molar-refractivity contribution in [2.75, 3.05) is 18.4 Å². The molecule has 1 atom stereocenters. The summed E-state index contributed by atoms with van der Waals surface area (Å²) in [4.78, 5) is 18.3. The molecule has 0 radical (unpaired) electrons. The van der Waals surface area contributed by atoms with Crippen LogP contribution in [-0.4, -0.2) is 33.4 Å². The van der Waals surface area contributed by atoms with Crippen LogP contribution in [0.5, 0.6) is 0 Å². The van der Waals surface area contributed by atoms with Gasteiger partial charge in [0.15, 0.2) is 0 Å². The molecule has 3 rings (SSSR count). The number of nitrogens with zero attached hydrogens (tertiary/aromatic N) is 3. The Morgan fingerprint density at radius 1 is 1.38 bits per heavy atom. The van der Waals surface area contributed by atoms with Gasteiger partial charge in [0.2, 0.25) is 5.91 Å². The zero-order valence-corrected chi connectivity index (χ0v) is 14.5. The molecule has 1 saturated heterocycles. The summed E-state index contributed by atoms with van der Waals surface area (Å²) in [5.74, 6) is 1.79. The normalized spacial score (nSPS) is 18.5. The number of aryl methyl sites for hydroxylation is 1. The summed E-state index contributed by atoms with van der Waals surface area (Å²) in [7, 11) is 2.06. The number of piperidine rings is 1. The fourth-order valence-corrected chi connectivity index (χ4v) is 3.52. The number of imidazole rings is 1. The Balaban J connectivity index is 1.63. The first-order valence-electron chi connectivity index (χ1n) is 8.66. The van der Waals surface area contributed by atoms with Crippen LogP contribution in [0.3, 0.4) is 0 Å². The van der Waals surface area contributed by atoms with Gasteiger partial charge in [0, 0.05) is 51.6 Å². The third-order valence-electron chi connectivity index (χ3n) is 4.72. The first-order chi connectivity index (χ1) is 11.6. The van der Waals surface area contributed by atoms with Gasteiger partial charge in [-0.3, -0.25) is 9.69 Å². The van der Waals surface area contributed by atoms with Gasteiger partial charge in [0.1, 0.15) is 5.82 Å². The van der Waals surface area contributed by atoms with Crippen LogP contribution >= 0.6 is 0 Å². The van der Waals surface area contributed by atoms with E-state index in [-0.39, 0.29) is 5.91 Å². The van der Waals surface area contributed by atoms with Crippen molar-refractivity contribution in [2.45, 2.75) is 32.7 Å². The van der Waals surface area contributed by atoms with Gasteiger partial charge in [0.05, 0.1) is 0 Å². The molecule has 1 aliphatic rings. The standard InChI is InChI=1S/C19H26N4O/c1-15(24)21-18-8-4-3-7-17(18)14-23-10-5-6-16(13-23)12-19-20-9-11-22(19)2/h3-4,7-9,11,16H,5-6,10,12-14H2,1-2H3,(H,21,24)/t16-/m0/s1. The molecule has 1 fully saturated rings. The lowest BCUT2D eigenvalue weighted by Gasteiger charge is -2.33. The van der Waals surface area contributed by atoms with E-state index in [0.29, 0.717) is 5.92 Å². The smallest absolute Gasteiger partial charge is 0.221 e. The summed E-state index contributed by atoms with van der Waals surface area (Å²) in [6, 6.07) is 8.09. The number of carbonyl (C=O) groups is 1. The lowest BCUT2D eigenvalue weighted by atomic mass is 9.94. The van der Waals surface area contributed by atoms with Crippen LogP contribution < -0.4 is 5.32 Å². The molecule has 24 heavy (non-hydrogen) atoms. The molecule has 0 unspecified atom stereocenters. The molecule has 1 N–H and O–H groups in total. The number of para-hydroxylation sites is 1. The molecular formula is C19H26N4O. The van der Waals surface area contributed by atoms with E-state index in [2.05, 4.69) is 32.9 Å². The van der Waals surface area contributed by atoms with Crippen LogP contribution in [0.15, 0.2) is 36.7 Å². The third kappa shape index (κ3) is 4.23. The highest BCUT2D eigenvalue weighted by atomic mass is 16.1. The summed E-state index contributed by atoms with van der Waals surface area (Å²) in [5, 5.41) is 2.94. The largest absolute Gasteiger partial charge is 0.338 e. The van der Waals surface area contributed by atoms with E-state index < -0.39 is 0 Å². The van der Waals surface area contributed by atoms with E-state index in [0.717, 1.165) is 31.7 Å². The average molecular weight is 326 g/mol. The lowest BCUT2D eigenvalue weighted by Crippen LogP contribution is -2.36.